The summed E-state index contributed by atoms with van der Waals surface area (Å²) in [4.78, 5) is 9.19. The van der Waals surface area contributed by atoms with E-state index in [1.165, 1.54) is 0 Å². The Bertz CT molecular complexity index is 498. The Morgan fingerprint density at radius 3 is 2.43 bits per heavy atom. The predicted molar refractivity (Wildman–Crippen MR) is 83.4 cm³/mol. The van der Waals surface area contributed by atoms with Crippen molar-refractivity contribution in [2.24, 2.45) is 0 Å². The minimum absolute atomic E-state index is 0.460. The molecule has 21 heavy (non-hydrogen) atoms. The van der Waals surface area contributed by atoms with Gasteiger partial charge in [-0.05, 0) is 26.0 Å². The van der Waals surface area contributed by atoms with E-state index >= 15 is 0 Å². The summed E-state index contributed by atoms with van der Waals surface area (Å²) in [6.07, 6.45) is 0. The van der Waals surface area contributed by atoms with Gasteiger partial charge in [-0.2, -0.15) is 4.98 Å². The van der Waals surface area contributed by atoms with Gasteiger partial charge >= 0.3 is 0 Å². The van der Waals surface area contributed by atoms with Gasteiger partial charge in [0.1, 0.15) is 10.8 Å². The summed E-state index contributed by atoms with van der Waals surface area (Å²) in [6, 6.07) is 5.34. The Kier molecular flexibility index (Phi) is 4.24. The Morgan fingerprint density at radius 2 is 1.90 bits per heavy atom. The minimum atomic E-state index is 0.460. The molecule has 5 nitrogen and oxygen atoms in total. The Labute approximate surface area is 130 Å². The maximum atomic E-state index is 5.95. The monoisotopic (exact) mass is 311 g/mol. The van der Waals surface area contributed by atoms with Crippen LogP contribution in [0.3, 0.4) is 0 Å². The molecule has 0 amide bonds. The highest BCUT2D eigenvalue weighted by Gasteiger charge is 2.38. The first-order chi connectivity index (χ1) is 10.1. The lowest BCUT2D eigenvalue weighted by Crippen LogP contribution is -2.64. The van der Waals surface area contributed by atoms with E-state index in [1.54, 1.807) is 7.11 Å². The van der Waals surface area contributed by atoms with Crippen molar-refractivity contribution in [1.29, 1.82) is 0 Å². The molecule has 1 aromatic rings. The van der Waals surface area contributed by atoms with Crippen LogP contribution in [0.4, 0.5) is 5.69 Å². The van der Waals surface area contributed by atoms with Crippen molar-refractivity contribution in [3.8, 4) is 5.88 Å². The Hall–Kier alpha value is -1.04. The van der Waals surface area contributed by atoms with Crippen LogP contribution >= 0.6 is 11.6 Å². The molecule has 2 aliphatic heterocycles. The third kappa shape index (κ3) is 2.82. The van der Waals surface area contributed by atoms with Gasteiger partial charge in [0, 0.05) is 25.2 Å². The smallest absolute Gasteiger partial charge is 0.238 e. The lowest BCUT2D eigenvalue weighted by molar-refractivity contribution is -0.0940. The zero-order valence-corrected chi connectivity index (χ0v) is 13.5. The van der Waals surface area contributed by atoms with Gasteiger partial charge in [-0.1, -0.05) is 11.6 Å². The normalized spacial score (nSPS) is 27.5. The van der Waals surface area contributed by atoms with Crippen LogP contribution in [0.5, 0.6) is 5.88 Å². The minimum Gasteiger partial charge on any atom is -0.479 e. The highest BCUT2D eigenvalue weighted by atomic mass is 35.5. The van der Waals surface area contributed by atoms with Crippen molar-refractivity contribution < 1.29 is 9.47 Å². The van der Waals surface area contributed by atoms with E-state index in [4.69, 9.17) is 21.1 Å². The fourth-order valence-electron chi connectivity index (χ4n) is 3.45. The molecule has 0 saturated carbocycles. The number of ether oxygens (including phenoxy) is 2. The molecule has 2 saturated heterocycles. The predicted octanol–water partition coefficient (Wildman–Crippen LogP) is 2.04. The number of hydrogen-bond donors (Lipinski definition) is 0. The van der Waals surface area contributed by atoms with Gasteiger partial charge in [0.05, 0.1) is 26.4 Å². The van der Waals surface area contributed by atoms with E-state index in [-0.39, 0.29) is 0 Å². The molecule has 1 aromatic heterocycles. The lowest BCUT2D eigenvalue weighted by Gasteiger charge is -2.51. The van der Waals surface area contributed by atoms with E-state index in [2.05, 4.69) is 28.6 Å². The topological polar surface area (TPSA) is 37.8 Å². The first kappa shape index (κ1) is 14.9. The zero-order chi connectivity index (χ0) is 15.0. The van der Waals surface area contributed by atoms with Crippen molar-refractivity contribution in [2.45, 2.75) is 32.0 Å². The molecule has 3 rings (SSSR count). The summed E-state index contributed by atoms with van der Waals surface area (Å²) in [5.74, 6) is 0.599. The van der Waals surface area contributed by atoms with Crippen LogP contribution in [0.25, 0.3) is 0 Å². The Morgan fingerprint density at radius 1 is 1.24 bits per heavy atom. The lowest BCUT2D eigenvalue weighted by atomic mass is 10.0. The van der Waals surface area contributed by atoms with E-state index in [0.29, 0.717) is 29.2 Å². The number of nitrogens with zero attached hydrogens (tertiary/aromatic N) is 3. The third-order valence-corrected chi connectivity index (χ3v) is 4.58. The van der Waals surface area contributed by atoms with Crippen LogP contribution < -0.4 is 9.64 Å². The van der Waals surface area contributed by atoms with Crippen LogP contribution in [0, 0.1) is 0 Å². The molecule has 2 aliphatic rings. The number of piperazine rings is 1. The number of aromatic nitrogens is 1. The number of methoxy groups -OCH3 is 1. The number of hydrogen-bond acceptors (Lipinski definition) is 5. The van der Waals surface area contributed by atoms with Gasteiger partial charge in [0.2, 0.25) is 5.88 Å². The first-order valence-corrected chi connectivity index (χ1v) is 7.78. The largest absolute Gasteiger partial charge is 0.479 e. The molecular weight excluding hydrogens is 290 g/mol. The molecule has 0 unspecified atom stereocenters. The fraction of sp³-hybridized carbons (Fsp3) is 0.667. The van der Waals surface area contributed by atoms with E-state index in [1.807, 2.05) is 12.1 Å². The fourth-order valence-corrected chi connectivity index (χ4v) is 3.59. The van der Waals surface area contributed by atoms with Gasteiger partial charge in [-0.3, -0.25) is 4.90 Å². The summed E-state index contributed by atoms with van der Waals surface area (Å²) >= 11 is 5.95. The number of halogens is 1. The molecule has 2 fully saturated rings. The summed E-state index contributed by atoms with van der Waals surface area (Å²) in [7, 11) is 1.64. The molecule has 0 radical (unpaired) electrons. The summed E-state index contributed by atoms with van der Waals surface area (Å²) in [6.45, 7) is 8.19. The molecule has 116 valence electrons. The zero-order valence-electron chi connectivity index (χ0n) is 12.8. The van der Waals surface area contributed by atoms with Crippen LogP contribution in [-0.2, 0) is 4.74 Å². The SMILES string of the molecule is COc1nc(Cl)ccc1N1C[C@@H](C)N(C2COC2)[C@@H](C)C1. The second kappa shape index (κ2) is 5.99. The first-order valence-electron chi connectivity index (χ1n) is 7.40. The standard InChI is InChI=1S/C15H22ClN3O2/c1-10-6-18(7-11(2)19(10)12-8-21-9-12)13-4-5-14(16)17-15(13)20-3/h4-5,10-12H,6-9H2,1-3H3/t10-,11+. The van der Waals surface area contributed by atoms with Crippen molar-refractivity contribution in [3.05, 3.63) is 17.3 Å². The number of pyridine rings is 1. The van der Waals surface area contributed by atoms with Crippen molar-refractivity contribution in [3.63, 3.8) is 0 Å². The molecule has 3 heterocycles. The summed E-state index contributed by atoms with van der Waals surface area (Å²) in [5.41, 5.74) is 1.02. The van der Waals surface area contributed by atoms with Crippen molar-refractivity contribution >= 4 is 17.3 Å². The molecule has 0 N–H and O–H groups in total. The number of anilines is 1. The maximum Gasteiger partial charge on any atom is 0.238 e. The van der Waals surface area contributed by atoms with E-state index < -0.39 is 0 Å². The third-order valence-electron chi connectivity index (χ3n) is 4.37. The average Bonchev–Trinajstić information content (AvgIpc) is 2.40. The number of rotatable bonds is 3. The van der Waals surface area contributed by atoms with E-state index in [9.17, 15) is 0 Å². The van der Waals surface area contributed by atoms with Crippen molar-refractivity contribution in [1.82, 2.24) is 9.88 Å². The average molecular weight is 312 g/mol. The van der Waals surface area contributed by atoms with Gasteiger partial charge in [0.15, 0.2) is 0 Å². The Balaban J connectivity index is 1.79. The highest BCUT2D eigenvalue weighted by Crippen LogP contribution is 2.32. The van der Waals surface area contributed by atoms with Gasteiger partial charge < -0.3 is 14.4 Å². The molecular formula is C15H22ClN3O2. The second-order valence-electron chi connectivity index (χ2n) is 5.90. The van der Waals surface area contributed by atoms with Crippen LogP contribution in [0.1, 0.15) is 13.8 Å². The van der Waals surface area contributed by atoms with Gasteiger partial charge in [0.25, 0.3) is 0 Å². The maximum absolute atomic E-state index is 5.95. The second-order valence-corrected chi connectivity index (χ2v) is 6.29. The molecule has 0 aromatic carbocycles. The molecule has 0 aliphatic carbocycles. The van der Waals surface area contributed by atoms with E-state index in [0.717, 1.165) is 32.0 Å². The quantitative estimate of drug-likeness (QED) is 0.799. The summed E-state index contributed by atoms with van der Waals surface area (Å²) < 4.78 is 10.7. The van der Waals surface area contributed by atoms with Crippen molar-refractivity contribution in [2.75, 3.05) is 38.3 Å². The molecule has 0 bridgehead atoms. The van der Waals surface area contributed by atoms with Crippen LogP contribution in [0.15, 0.2) is 12.1 Å². The molecule has 0 spiro atoms. The summed E-state index contributed by atoms with van der Waals surface area (Å²) in [5, 5.41) is 0.460. The van der Waals surface area contributed by atoms with Crippen LogP contribution in [-0.4, -0.2) is 61.4 Å². The van der Waals surface area contributed by atoms with Gasteiger partial charge in [-0.15, -0.1) is 0 Å². The van der Waals surface area contributed by atoms with Gasteiger partial charge in [-0.25, -0.2) is 0 Å². The molecule has 2 atom stereocenters. The molecule has 6 heteroatoms. The highest BCUT2D eigenvalue weighted by molar-refractivity contribution is 6.29. The van der Waals surface area contributed by atoms with Crippen LogP contribution in [0.2, 0.25) is 5.15 Å².